The van der Waals surface area contributed by atoms with Crippen LogP contribution in [0.4, 0.5) is 4.39 Å². The van der Waals surface area contributed by atoms with Crippen molar-refractivity contribution in [3.63, 3.8) is 0 Å². The lowest BCUT2D eigenvalue weighted by Gasteiger charge is -2.32. The quantitative estimate of drug-likeness (QED) is 0.0417. The van der Waals surface area contributed by atoms with Gasteiger partial charge in [-0.2, -0.15) is 15.8 Å². The number of nitriles is 3. The molecule has 0 spiro atoms. The maximum atomic E-state index is 13.1. The van der Waals surface area contributed by atoms with E-state index in [9.17, 15) is 42.7 Å². The highest BCUT2D eigenvalue weighted by Gasteiger charge is 2.28. The number of aromatic carboxylic acids is 2. The summed E-state index contributed by atoms with van der Waals surface area (Å²) in [6, 6.07) is 63.2. The average molecular weight is 1520 g/mol. The molecule has 0 unspecified atom stereocenters. The number of alkyl halides is 1. The van der Waals surface area contributed by atoms with Crippen LogP contribution in [0, 0.1) is 39.9 Å². The normalized spacial score (nSPS) is 14.8. The van der Waals surface area contributed by atoms with Crippen LogP contribution in [0.3, 0.4) is 0 Å². The number of halogens is 1. The fourth-order valence-electron chi connectivity index (χ4n) is 13.4. The first-order chi connectivity index (χ1) is 54.7. The molecule has 23 nitrogen and oxygen atoms in total. The molecule has 4 saturated heterocycles. The molecule has 24 heteroatoms. The molecule has 4 amide bonds. The number of hydrogen-bond donors (Lipinski definition) is 5. The summed E-state index contributed by atoms with van der Waals surface area (Å²) in [5, 5.41) is 53.4. The van der Waals surface area contributed by atoms with E-state index < -0.39 is 31.0 Å². The molecule has 5 N–H and O–H groups in total. The fourth-order valence-corrected chi connectivity index (χ4v) is 13.4. The van der Waals surface area contributed by atoms with Gasteiger partial charge < -0.3 is 45.3 Å². The summed E-state index contributed by atoms with van der Waals surface area (Å²) < 4.78 is 30.2. The highest BCUT2D eigenvalue weighted by Crippen LogP contribution is 2.26. The molecule has 12 rings (SSSR count). The molecule has 0 aliphatic carbocycles. The maximum Gasteiger partial charge on any atom is 0.337 e. The van der Waals surface area contributed by atoms with Crippen LogP contribution in [-0.4, -0.2) is 176 Å². The number of amides is 4. The molecular formula is C88H95FN10O13. The maximum absolute atomic E-state index is 13.1. The summed E-state index contributed by atoms with van der Waals surface area (Å²) >= 11 is 0. The Labute approximate surface area is 654 Å². The third-order valence-electron chi connectivity index (χ3n) is 19.8. The zero-order valence-electron chi connectivity index (χ0n) is 64.2. The van der Waals surface area contributed by atoms with Gasteiger partial charge in [0.2, 0.25) is 0 Å². The number of carbonyl (C=O) groups is 8. The Bertz CT molecular complexity index is 4540. The molecule has 4 heterocycles. The number of ether oxygens (including phenoxy) is 3. The van der Waals surface area contributed by atoms with Crippen molar-refractivity contribution in [2.75, 3.05) is 80.3 Å². The minimum Gasteiger partial charge on any atom is -0.494 e. The number of benzene rings is 8. The third-order valence-corrected chi connectivity index (χ3v) is 19.8. The van der Waals surface area contributed by atoms with Crippen LogP contribution in [-0.2, 0) is 35.5 Å². The first-order valence-electron chi connectivity index (χ1n) is 37.9. The molecule has 582 valence electrons. The number of methoxy groups -OCH3 is 2. The van der Waals surface area contributed by atoms with Gasteiger partial charge in [-0.3, -0.25) is 38.3 Å². The largest absolute Gasteiger partial charge is 0.494 e. The van der Waals surface area contributed by atoms with Crippen LogP contribution in [0.25, 0.3) is 0 Å². The van der Waals surface area contributed by atoms with Crippen LogP contribution in [0.2, 0.25) is 0 Å². The number of nitrogens with one attached hydrogen (secondary N) is 3. The van der Waals surface area contributed by atoms with Crippen molar-refractivity contribution in [3.8, 4) is 24.0 Å². The number of carbonyl (C=O) groups excluding carboxylic acids is 6. The molecule has 4 fully saturated rings. The molecule has 0 bridgehead atoms. The second-order valence-corrected chi connectivity index (χ2v) is 27.4. The number of hydrogen-bond acceptors (Lipinski definition) is 17. The Kier molecular flexibility index (Phi) is 33.1. The van der Waals surface area contributed by atoms with Crippen molar-refractivity contribution in [3.05, 3.63) is 278 Å². The Morgan fingerprint density at radius 3 is 0.964 bits per heavy atom. The molecule has 4 aliphatic heterocycles. The first kappa shape index (κ1) is 83.6. The topological polar surface area (TPSA) is 325 Å². The summed E-state index contributed by atoms with van der Waals surface area (Å²) in [7, 11) is 1.60. The molecule has 0 atom stereocenters. The highest BCUT2D eigenvalue weighted by atomic mass is 19.1. The highest BCUT2D eigenvalue weighted by molar-refractivity contribution is 5.99. The second-order valence-electron chi connectivity index (χ2n) is 27.4. The average Bonchev–Trinajstić information content (AvgIpc) is 0.832. The molecule has 4 aliphatic rings. The number of carboxylic acids is 2. The van der Waals surface area contributed by atoms with Crippen molar-refractivity contribution < 1.29 is 68.5 Å². The Hall–Kier alpha value is -12.4. The van der Waals surface area contributed by atoms with E-state index in [1.54, 1.807) is 60.7 Å². The van der Waals surface area contributed by atoms with Crippen molar-refractivity contribution in [1.82, 2.24) is 35.6 Å². The molecule has 0 saturated carbocycles. The number of esters is 2. The zero-order valence-corrected chi connectivity index (χ0v) is 63.2. The SMILES string of the molecule is CCOc1ccc(CC2CCN(C(=O)c3ccc(C(=O)NC4CCN(Cc5ccc(C#N)cc5)CC4)cc3)CC2)cc1.COC(=O)c1ccc(C(=O)NC2CCN(Cc3ccc(C#N)cc3)CC2)cc1.COC(=O)c1ccc(C(=O)O)cc1.N#Cc1ccc(CN2CCC(NC(=O)c3ccc(C(=O)O)cc3)CC2)cc1.[2H]CF. The number of carboxylic acid groups (broad SMARTS) is 2. The lowest BCUT2D eigenvalue weighted by molar-refractivity contribution is 0.0591. The van der Waals surface area contributed by atoms with Gasteiger partial charge in [-0.1, -0.05) is 48.5 Å². The Balaban J connectivity index is 0.000000198. The lowest BCUT2D eigenvalue weighted by atomic mass is 9.90. The van der Waals surface area contributed by atoms with Gasteiger partial charge >= 0.3 is 23.9 Å². The van der Waals surface area contributed by atoms with Gasteiger partial charge in [0.15, 0.2) is 0 Å². The lowest BCUT2D eigenvalue weighted by Crippen LogP contribution is -2.44. The van der Waals surface area contributed by atoms with Crippen molar-refractivity contribution >= 4 is 47.5 Å². The minimum atomic E-state index is -1.02. The van der Waals surface area contributed by atoms with Crippen molar-refractivity contribution in [2.45, 2.75) is 102 Å². The summed E-state index contributed by atoms with van der Waals surface area (Å²) in [6.07, 6.45) is 8.32. The number of rotatable bonds is 21. The first-order valence-corrected chi connectivity index (χ1v) is 37.2. The van der Waals surface area contributed by atoms with E-state index in [0.717, 1.165) is 136 Å². The molecule has 0 radical (unpaired) electrons. The van der Waals surface area contributed by atoms with Crippen LogP contribution in [0.15, 0.2) is 194 Å². The standard InChI is InChI=1S/C35H40N4O3.C22H23N3O3.C21H21N3O3.C9H8O4.CH3F/c1-2-42-33-13-7-26(8-14-33)23-27-15-21-39(22-16-27)35(41)31-11-9-30(10-12-31)34(40)37-32-17-19-38(20-18-32)25-29-5-3-28(24-36)4-6-29;1-28-22(27)19-8-6-18(7-9-19)21(26)24-20-10-12-25(13-11-20)15-17-4-2-16(14-23)3-5-17;22-13-15-1-3-16(4-2-15)14-24-11-9-19(10-12-24)23-20(25)17-5-7-18(8-6-17)21(26)27;1-13-9(12)7-4-2-6(3-5-7)8(10)11;1-2/h3-14,27,32H,2,15-23,25H2,1H3,(H,37,40);2-9,20H,10-13,15H2,1H3,(H,24,26);1-8,19H,9-12,14H2,(H,23,25)(H,26,27);2-5H,1H3,(H,10,11);1H3/i;;;;1D. The van der Waals surface area contributed by atoms with E-state index in [2.05, 4.69) is 70.5 Å². The molecule has 0 aromatic heterocycles. The van der Waals surface area contributed by atoms with Crippen molar-refractivity contribution in [1.29, 1.82) is 15.8 Å². The summed E-state index contributed by atoms with van der Waals surface area (Å²) in [4.78, 5) is 104. The number of nitrogens with zero attached hydrogens (tertiary/aromatic N) is 7. The minimum absolute atomic E-state index is 0.0381. The fraction of sp³-hybridized carbons (Fsp3) is 0.330. The third kappa shape index (κ3) is 26.7. The second kappa shape index (κ2) is 44.3. The van der Waals surface area contributed by atoms with Gasteiger partial charge in [-0.15, -0.1) is 0 Å². The van der Waals surface area contributed by atoms with Gasteiger partial charge in [0.1, 0.15) is 5.75 Å². The van der Waals surface area contributed by atoms with E-state index in [0.29, 0.717) is 62.6 Å². The van der Waals surface area contributed by atoms with E-state index in [1.165, 1.54) is 72.9 Å². The van der Waals surface area contributed by atoms with Crippen LogP contribution >= 0.6 is 0 Å². The van der Waals surface area contributed by atoms with Gasteiger partial charge in [-0.25, -0.2) is 19.2 Å². The van der Waals surface area contributed by atoms with E-state index in [-0.39, 0.29) is 52.9 Å². The summed E-state index contributed by atoms with van der Waals surface area (Å²) in [6.45, 7) is 12.1. The van der Waals surface area contributed by atoms with E-state index >= 15 is 0 Å². The predicted octanol–water partition coefficient (Wildman–Crippen LogP) is 12.6. The Morgan fingerprint density at radius 1 is 0.411 bits per heavy atom. The van der Waals surface area contributed by atoms with Gasteiger partial charge in [0.25, 0.3) is 23.6 Å². The van der Waals surface area contributed by atoms with Crippen LogP contribution in [0.1, 0.15) is 181 Å². The van der Waals surface area contributed by atoms with E-state index in [4.69, 9.17) is 32.1 Å². The van der Waals surface area contributed by atoms with Gasteiger partial charge in [0, 0.05) is 112 Å². The smallest absolute Gasteiger partial charge is 0.337 e. The monoisotopic (exact) mass is 1520 g/mol. The number of piperidine rings is 4. The summed E-state index contributed by atoms with van der Waals surface area (Å²) in [5.74, 6) is -1.78. The van der Waals surface area contributed by atoms with Gasteiger partial charge in [-0.05, 0) is 238 Å². The number of likely N-dealkylation sites (tertiary alicyclic amines) is 4. The van der Waals surface area contributed by atoms with Crippen molar-refractivity contribution in [2.24, 2.45) is 5.92 Å². The Morgan fingerprint density at radius 2 is 0.688 bits per heavy atom. The molecule has 112 heavy (non-hydrogen) atoms. The zero-order chi connectivity index (χ0) is 81.0. The summed E-state index contributed by atoms with van der Waals surface area (Å²) in [5.41, 5.74) is 10.2. The van der Waals surface area contributed by atoms with Crippen LogP contribution < -0.4 is 20.7 Å². The van der Waals surface area contributed by atoms with Crippen LogP contribution in [0.5, 0.6) is 5.75 Å². The predicted molar refractivity (Wildman–Crippen MR) is 420 cm³/mol. The van der Waals surface area contributed by atoms with Gasteiger partial charge in [0.05, 0.1) is 86.5 Å². The molecule has 8 aromatic carbocycles. The molecular weight excluding hydrogens is 1420 g/mol. The van der Waals surface area contributed by atoms with E-state index in [1.807, 2.05) is 96.8 Å². The molecule has 8 aromatic rings.